The SMILES string of the molecule is Cc1cccc(NC(=O)CN(C)Cc2cc(Br)ccc2Cl)n1. The van der Waals surface area contributed by atoms with Crippen molar-refractivity contribution in [1.29, 1.82) is 0 Å². The van der Waals surface area contributed by atoms with E-state index in [0.29, 0.717) is 17.4 Å². The molecule has 1 aromatic heterocycles. The molecule has 0 spiro atoms. The van der Waals surface area contributed by atoms with Gasteiger partial charge < -0.3 is 5.32 Å². The number of rotatable bonds is 5. The minimum atomic E-state index is -0.105. The first-order chi connectivity index (χ1) is 10.4. The van der Waals surface area contributed by atoms with Gasteiger partial charge in [0, 0.05) is 21.7 Å². The molecule has 0 saturated carbocycles. The van der Waals surface area contributed by atoms with E-state index in [-0.39, 0.29) is 12.5 Å². The largest absolute Gasteiger partial charge is 0.310 e. The van der Waals surface area contributed by atoms with Crippen molar-refractivity contribution in [2.75, 3.05) is 18.9 Å². The number of aromatic nitrogens is 1. The Hall–Kier alpha value is -1.43. The third-order valence-corrected chi connectivity index (χ3v) is 3.88. The molecule has 0 saturated heterocycles. The first-order valence-electron chi connectivity index (χ1n) is 6.80. The number of aryl methyl sites for hydroxylation is 1. The molecule has 1 N–H and O–H groups in total. The van der Waals surface area contributed by atoms with Gasteiger partial charge in [-0.1, -0.05) is 33.6 Å². The highest BCUT2D eigenvalue weighted by molar-refractivity contribution is 9.10. The lowest BCUT2D eigenvalue weighted by atomic mass is 10.2. The molecular formula is C16H17BrClN3O. The number of amides is 1. The molecule has 0 unspecified atom stereocenters. The molecule has 0 radical (unpaired) electrons. The van der Waals surface area contributed by atoms with E-state index < -0.39 is 0 Å². The van der Waals surface area contributed by atoms with Gasteiger partial charge in [-0.2, -0.15) is 0 Å². The van der Waals surface area contributed by atoms with E-state index in [2.05, 4.69) is 26.2 Å². The Labute approximate surface area is 143 Å². The lowest BCUT2D eigenvalue weighted by Gasteiger charge is -2.17. The molecule has 4 nitrogen and oxygen atoms in total. The summed E-state index contributed by atoms with van der Waals surface area (Å²) in [6.07, 6.45) is 0. The van der Waals surface area contributed by atoms with E-state index >= 15 is 0 Å². The lowest BCUT2D eigenvalue weighted by Crippen LogP contribution is -2.30. The summed E-state index contributed by atoms with van der Waals surface area (Å²) in [5.41, 5.74) is 1.84. The highest BCUT2D eigenvalue weighted by Crippen LogP contribution is 2.22. The minimum absolute atomic E-state index is 0.105. The van der Waals surface area contributed by atoms with Crippen molar-refractivity contribution in [2.45, 2.75) is 13.5 Å². The Bertz CT molecular complexity index is 678. The molecule has 1 amide bonds. The van der Waals surface area contributed by atoms with Crippen molar-refractivity contribution in [1.82, 2.24) is 9.88 Å². The third kappa shape index (κ3) is 5.09. The highest BCUT2D eigenvalue weighted by atomic mass is 79.9. The molecule has 0 aliphatic rings. The van der Waals surface area contributed by atoms with Gasteiger partial charge in [-0.3, -0.25) is 9.69 Å². The molecule has 6 heteroatoms. The molecule has 0 aliphatic carbocycles. The quantitative estimate of drug-likeness (QED) is 0.853. The standard InChI is InChI=1S/C16H17BrClN3O/c1-11-4-3-5-15(19-11)20-16(22)10-21(2)9-12-8-13(17)6-7-14(12)18/h3-8H,9-10H2,1-2H3,(H,19,20,22). The zero-order valence-electron chi connectivity index (χ0n) is 12.4. The van der Waals surface area contributed by atoms with E-state index in [1.807, 2.05) is 49.2 Å². The van der Waals surface area contributed by atoms with Gasteiger partial charge in [0.25, 0.3) is 0 Å². The second-order valence-corrected chi connectivity index (χ2v) is 6.44. The average molecular weight is 383 g/mol. The topological polar surface area (TPSA) is 45.2 Å². The van der Waals surface area contributed by atoms with Gasteiger partial charge in [0.1, 0.15) is 5.82 Å². The number of anilines is 1. The summed E-state index contributed by atoms with van der Waals surface area (Å²) < 4.78 is 0.966. The summed E-state index contributed by atoms with van der Waals surface area (Å²) in [6.45, 7) is 2.74. The predicted octanol–water partition coefficient (Wildman–Crippen LogP) is 3.88. The van der Waals surface area contributed by atoms with Crippen LogP contribution in [0.4, 0.5) is 5.82 Å². The van der Waals surface area contributed by atoms with Gasteiger partial charge in [0.2, 0.25) is 5.91 Å². The van der Waals surface area contributed by atoms with Crippen LogP contribution in [-0.2, 0) is 11.3 Å². The first-order valence-corrected chi connectivity index (χ1v) is 7.97. The molecule has 0 atom stereocenters. The Kier molecular flexibility index (Phi) is 5.94. The van der Waals surface area contributed by atoms with Gasteiger partial charge in [-0.15, -0.1) is 0 Å². The van der Waals surface area contributed by atoms with E-state index in [9.17, 15) is 4.79 Å². The maximum Gasteiger partial charge on any atom is 0.239 e. The number of carbonyl (C=O) groups is 1. The van der Waals surface area contributed by atoms with Crippen LogP contribution in [0.5, 0.6) is 0 Å². The summed E-state index contributed by atoms with van der Waals surface area (Å²) >= 11 is 9.59. The molecular weight excluding hydrogens is 366 g/mol. The third-order valence-electron chi connectivity index (χ3n) is 3.02. The Morgan fingerprint density at radius 2 is 2.14 bits per heavy atom. The number of likely N-dealkylation sites (N-methyl/N-ethyl adjacent to an activating group) is 1. The van der Waals surface area contributed by atoms with E-state index in [0.717, 1.165) is 15.7 Å². The van der Waals surface area contributed by atoms with Crippen LogP contribution in [0.15, 0.2) is 40.9 Å². The Balaban J connectivity index is 1.92. The fourth-order valence-corrected chi connectivity index (χ4v) is 2.64. The van der Waals surface area contributed by atoms with Gasteiger partial charge in [-0.05, 0) is 49.9 Å². The average Bonchev–Trinajstić information content (AvgIpc) is 2.42. The number of hydrogen-bond acceptors (Lipinski definition) is 3. The number of nitrogens with one attached hydrogen (secondary N) is 1. The maximum absolute atomic E-state index is 12.0. The van der Waals surface area contributed by atoms with Crippen molar-refractivity contribution in [2.24, 2.45) is 0 Å². The minimum Gasteiger partial charge on any atom is -0.310 e. The smallest absolute Gasteiger partial charge is 0.239 e. The van der Waals surface area contributed by atoms with Crippen LogP contribution in [0.3, 0.4) is 0 Å². The molecule has 2 rings (SSSR count). The lowest BCUT2D eigenvalue weighted by molar-refractivity contribution is -0.117. The summed E-state index contributed by atoms with van der Waals surface area (Å²) in [5.74, 6) is 0.464. The Morgan fingerprint density at radius 1 is 1.36 bits per heavy atom. The summed E-state index contributed by atoms with van der Waals surface area (Å²) in [7, 11) is 1.88. The fourth-order valence-electron chi connectivity index (χ4n) is 2.05. The van der Waals surface area contributed by atoms with E-state index in [1.54, 1.807) is 6.07 Å². The fraction of sp³-hybridized carbons (Fsp3) is 0.250. The molecule has 0 fully saturated rings. The number of pyridine rings is 1. The number of benzene rings is 1. The van der Waals surface area contributed by atoms with Crippen LogP contribution < -0.4 is 5.32 Å². The first kappa shape index (κ1) is 16.9. The number of nitrogens with zero attached hydrogens (tertiary/aromatic N) is 2. The second kappa shape index (κ2) is 7.72. The molecule has 22 heavy (non-hydrogen) atoms. The summed E-state index contributed by atoms with van der Waals surface area (Å²) in [6, 6.07) is 11.2. The molecule has 1 heterocycles. The van der Waals surface area contributed by atoms with Crippen molar-refractivity contribution in [3.8, 4) is 0 Å². The van der Waals surface area contributed by atoms with Crippen LogP contribution in [0.25, 0.3) is 0 Å². The van der Waals surface area contributed by atoms with Gasteiger partial charge >= 0.3 is 0 Å². The van der Waals surface area contributed by atoms with Crippen molar-refractivity contribution in [3.63, 3.8) is 0 Å². The van der Waals surface area contributed by atoms with E-state index in [4.69, 9.17) is 11.6 Å². The van der Waals surface area contributed by atoms with E-state index in [1.165, 1.54) is 0 Å². The van der Waals surface area contributed by atoms with Crippen LogP contribution in [0.2, 0.25) is 5.02 Å². The van der Waals surface area contributed by atoms with Gasteiger partial charge in [0.05, 0.1) is 6.54 Å². The van der Waals surface area contributed by atoms with Crippen LogP contribution in [0.1, 0.15) is 11.3 Å². The van der Waals surface area contributed by atoms with Gasteiger partial charge in [0.15, 0.2) is 0 Å². The van der Waals surface area contributed by atoms with Crippen molar-refractivity contribution in [3.05, 3.63) is 57.2 Å². The van der Waals surface area contributed by atoms with Crippen LogP contribution >= 0.6 is 27.5 Å². The van der Waals surface area contributed by atoms with Crippen LogP contribution in [0, 0.1) is 6.92 Å². The van der Waals surface area contributed by atoms with Gasteiger partial charge in [-0.25, -0.2) is 4.98 Å². The van der Waals surface area contributed by atoms with Crippen molar-refractivity contribution >= 4 is 39.3 Å². The summed E-state index contributed by atoms with van der Waals surface area (Å²) in [5, 5.41) is 3.48. The summed E-state index contributed by atoms with van der Waals surface area (Å²) in [4.78, 5) is 18.2. The molecule has 1 aromatic carbocycles. The van der Waals surface area contributed by atoms with Crippen molar-refractivity contribution < 1.29 is 4.79 Å². The highest BCUT2D eigenvalue weighted by Gasteiger charge is 2.10. The monoisotopic (exact) mass is 381 g/mol. The van der Waals surface area contributed by atoms with Crippen LogP contribution in [-0.4, -0.2) is 29.4 Å². The number of carbonyl (C=O) groups excluding carboxylic acids is 1. The number of halogens is 2. The molecule has 0 aliphatic heterocycles. The Morgan fingerprint density at radius 3 is 2.86 bits per heavy atom. The number of hydrogen-bond donors (Lipinski definition) is 1. The zero-order valence-corrected chi connectivity index (χ0v) is 14.8. The normalized spacial score (nSPS) is 10.8. The maximum atomic E-state index is 12.0. The molecule has 0 bridgehead atoms. The predicted molar refractivity (Wildman–Crippen MR) is 93.1 cm³/mol. The molecule has 116 valence electrons. The second-order valence-electron chi connectivity index (χ2n) is 5.12. The zero-order chi connectivity index (χ0) is 16.1. The molecule has 2 aromatic rings.